The van der Waals surface area contributed by atoms with Crippen molar-refractivity contribution in [3.8, 4) is 5.75 Å². The van der Waals surface area contributed by atoms with Gasteiger partial charge in [-0.1, -0.05) is 6.07 Å². The molecule has 0 radical (unpaired) electrons. The molecule has 2 N–H and O–H groups in total. The predicted octanol–water partition coefficient (Wildman–Crippen LogP) is 2.24. The highest BCUT2D eigenvalue weighted by molar-refractivity contribution is 5.78. The molecular weight excluding hydrogens is 259 g/mol. The first-order valence-electron chi connectivity index (χ1n) is 7.00. The molecule has 2 rings (SSSR count). The van der Waals surface area contributed by atoms with Crippen molar-refractivity contribution in [2.75, 3.05) is 13.2 Å². The van der Waals surface area contributed by atoms with Crippen molar-refractivity contribution in [3.05, 3.63) is 29.6 Å². The second-order valence-electron chi connectivity index (χ2n) is 5.17. The fourth-order valence-electron chi connectivity index (χ4n) is 2.22. The molecule has 1 saturated carbocycles. The number of rotatable bonds is 6. The van der Waals surface area contributed by atoms with E-state index in [1.54, 1.807) is 19.1 Å². The van der Waals surface area contributed by atoms with Crippen molar-refractivity contribution < 1.29 is 13.9 Å². The highest BCUT2D eigenvalue weighted by Gasteiger charge is 2.31. The zero-order chi connectivity index (χ0) is 14.7. The first-order valence-corrected chi connectivity index (χ1v) is 7.00. The Hall–Kier alpha value is -1.62. The topological polar surface area (TPSA) is 55.6 Å². The summed E-state index contributed by atoms with van der Waals surface area (Å²) in [4.78, 5) is 13.8. The molecule has 1 amide bonds. The molecule has 1 aliphatic rings. The lowest BCUT2D eigenvalue weighted by atomic mass is 10.1. The maximum atomic E-state index is 13.7. The predicted molar refractivity (Wildman–Crippen MR) is 74.9 cm³/mol. The smallest absolute Gasteiger partial charge is 0.260 e. The molecule has 0 saturated heterocycles. The lowest BCUT2D eigenvalue weighted by molar-refractivity contribution is -0.133. The lowest BCUT2D eigenvalue weighted by Gasteiger charge is -2.20. The van der Waals surface area contributed by atoms with Gasteiger partial charge in [0.25, 0.3) is 5.91 Å². The molecule has 1 aliphatic carbocycles. The Morgan fingerprint density at radius 3 is 2.75 bits per heavy atom. The highest BCUT2D eigenvalue weighted by atomic mass is 19.1. The quantitative estimate of drug-likeness (QED) is 0.869. The number of nitrogens with zero attached hydrogens (tertiary/aromatic N) is 1. The Balaban J connectivity index is 1.93. The number of amides is 1. The van der Waals surface area contributed by atoms with Crippen LogP contribution in [0.1, 0.15) is 38.3 Å². The van der Waals surface area contributed by atoms with Gasteiger partial charge in [0.15, 0.2) is 6.61 Å². The van der Waals surface area contributed by atoms with E-state index in [2.05, 4.69) is 0 Å². The van der Waals surface area contributed by atoms with Crippen LogP contribution in [0.2, 0.25) is 0 Å². The second kappa shape index (κ2) is 6.22. The van der Waals surface area contributed by atoms with E-state index in [0.29, 0.717) is 23.9 Å². The van der Waals surface area contributed by atoms with E-state index in [-0.39, 0.29) is 18.6 Å². The van der Waals surface area contributed by atoms with E-state index in [1.165, 1.54) is 6.07 Å². The van der Waals surface area contributed by atoms with Gasteiger partial charge in [0.1, 0.15) is 11.6 Å². The Kier molecular flexibility index (Phi) is 4.60. The summed E-state index contributed by atoms with van der Waals surface area (Å²) in [5.74, 6) is -0.0988. The van der Waals surface area contributed by atoms with E-state index in [0.717, 1.165) is 12.8 Å². The summed E-state index contributed by atoms with van der Waals surface area (Å²) < 4.78 is 19.1. The standard InChI is InChI=1S/C15H21FN2O2/c1-3-18(11-4-5-11)15(19)9-20-12-6-7-13(10(2)17)14(16)8-12/h6-8,10-11H,3-5,9,17H2,1-2H3/t10-/m0/s1. The zero-order valence-electron chi connectivity index (χ0n) is 11.9. The average Bonchev–Trinajstić information content (AvgIpc) is 3.21. The molecule has 110 valence electrons. The number of carbonyl (C=O) groups is 1. The van der Waals surface area contributed by atoms with Crippen molar-refractivity contribution in [3.63, 3.8) is 0 Å². The summed E-state index contributed by atoms with van der Waals surface area (Å²) >= 11 is 0. The van der Waals surface area contributed by atoms with Gasteiger partial charge in [-0.25, -0.2) is 4.39 Å². The third kappa shape index (κ3) is 3.48. The first-order chi connectivity index (χ1) is 9.52. The fraction of sp³-hybridized carbons (Fsp3) is 0.533. The number of halogens is 1. The number of nitrogens with two attached hydrogens (primary N) is 1. The molecule has 0 bridgehead atoms. The van der Waals surface area contributed by atoms with Crippen LogP contribution >= 0.6 is 0 Å². The molecule has 0 aliphatic heterocycles. The Morgan fingerprint density at radius 2 is 2.25 bits per heavy atom. The number of benzene rings is 1. The Morgan fingerprint density at radius 1 is 1.55 bits per heavy atom. The molecule has 0 spiro atoms. The van der Waals surface area contributed by atoms with Crippen molar-refractivity contribution in [2.45, 2.75) is 38.8 Å². The van der Waals surface area contributed by atoms with Crippen molar-refractivity contribution in [1.82, 2.24) is 4.90 Å². The third-order valence-electron chi connectivity index (χ3n) is 3.47. The molecular formula is C15H21FN2O2. The van der Waals surface area contributed by atoms with Crippen LogP contribution in [0, 0.1) is 5.82 Å². The largest absolute Gasteiger partial charge is 0.484 e. The molecule has 0 aromatic heterocycles. The molecule has 0 unspecified atom stereocenters. The average molecular weight is 280 g/mol. The van der Waals surface area contributed by atoms with Gasteiger partial charge in [-0.05, 0) is 32.8 Å². The summed E-state index contributed by atoms with van der Waals surface area (Å²) in [6, 6.07) is 4.52. The van der Waals surface area contributed by atoms with Crippen molar-refractivity contribution >= 4 is 5.91 Å². The summed E-state index contributed by atoms with van der Waals surface area (Å²) in [5.41, 5.74) is 6.08. The molecule has 1 aromatic carbocycles. The summed E-state index contributed by atoms with van der Waals surface area (Å²) in [7, 11) is 0. The van der Waals surface area contributed by atoms with Crippen molar-refractivity contribution in [1.29, 1.82) is 0 Å². The minimum atomic E-state index is -0.403. The van der Waals surface area contributed by atoms with E-state index in [1.807, 2.05) is 11.8 Å². The first kappa shape index (κ1) is 14.8. The minimum Gasteiger partial charge on any atom is -0.484 e. The summed E-state index contributed by atoms with van der Waals surface area (Å²) in [6.45, 7) is 4.30. The van der Waals surface area contributed by atoms with Gasteiger partial charge in [0.2, 0.25) is 0 Å². The van der Waals surface area contributed by atoms with Gasteiger partial charge in [-0.15, -0.1) is 0 Å². The lowest BCUT2D eigenvalue weighted by Crippen LogP contribution is -2.36. The van der Waals surface area contributed by atoms with E-state index in [9.17, 15) is 9.18 Å². The molecule has 5 heteroatoms. The van der Waals surface area contributed by atoms with Crippen LogP contribution in [-0.4, -0.2) is 30.0 Å². The van der Waals surface area contributed by atoms with Crippen LogP contribution in [0.25, 0.3) is 0 Å². The molecule has 20 heavy (non-hydrogen) atoms. The number of hydrogen-bond donors (Lipinski definition) is 1. The number of hydrogen-bond acceptors (Lipinski definition) is 3. The number of ether oxygens (including phenoxy) is 1. The number of carbonyl (C=O) groups excluding carboxylic acids is 1. The summed E-state index contributed by atoms with van der Waals surface area (Å²) in [6.07, 6.45) is 2.13. The van der Waals surface area contributed by atoms with Crippen LogP contribution in [0.4, 0.5) is 4.39 Å². The highest BCUT2D eigenvalue weighted by Crippen LogP contribution is 2.27. The molecule has 1 aromatic rings. The zero-order valence-corrected chi connectivity index (χ0v) is 11.9. The molecule has 0 heterocycles. The molecule has 1 fully saturated rings. The maximum absolute atomic E-state index is 13.7. The SMILES string of the molecule is CCN(C(=O)COc1ccc([C@H](C)N)c(F)c1)C1CC1. The molecule has 1 atom stereocenters. The second-order valence-corrected chi connectivity index (χ2v) is 5.17. The van der Waals surface area contributed by atoms with E-state index in [4.69, 9.17) is 10.5 Å². The number of likely N-dealkylation sites (N-methyl/N-ethyl adjacent to an activating group) is 1. The van der Waals surface area contributed by atoms with Crippen LogP contribution in [0.5, 0.6) is 5.75 Å². The van der Waals surface area contributed by atoms with E-state index < -0.39 is 5.82 Å². The van der Waals surface area contributed by atoms with Gasteiger partial charge >= 0.3 is 0 Å². The third-order valence-corrected chi connectivity index (χ3v) is 3.47. The van der Waals surface area contributed by atoms with Crippen LogP contribution in [0.3, 0.4) is 0 Å². The van der Waals surface area contributed by atoms with Gasteiger partial charge in [-0.2, -0.15) is 0 Å². The van der Waals surface area contributed by atoms with Crippen LogP contribution in [0.15, 0.2) is 18.2 Å². The van der Waals surface area contributed by atoms with Crippen LogP contribution in [-0.2, 0) is 4.79 Å². The van der Waals surface area contributed by atoms with Gasteiger partial charge in [0, 0.05) is 30.3 Å². The Labute approximate surface area is 118 Å². The molecule has 4 nitrogen and oxygen atoms in total. The van der Waals surface area contributed by atoms with Gasteiger partial charge in [0.05, 0.1) is 0 Å². The van der Waals surface area contributed by atoms with Gasteiger partial charge in [-0.3, -0.25) is 4.79 Å². The monoisotopic (exact) mass is 280 g/mol. The maximum Gasteiger partial charge on any atom is 0.260 e. The fourth-order valence-corrected chi connectivity index (χ4v) is 2.22. The van der Waals surface area contributed by atoms with Crippen molar-refractivity contribution in [2.24, 2.45) is 5.73 Å². The van der Waals surface area contributed by atoms with E-state index >= 15 is 0 Å². The normalized spacial score (nSPS) is 15.8. The minimum absolute atomic E-state index is 0.0494. The Bertz CT molecular complexity index is 487. The van der Waals surface area contributed by atoms with Gasteiger partial charge < -0.3 is 15.4 Å². The van der Waals surface area contributed by atoms with Crippen LogP contribution < -0.4 is 10.5 Å². The summed E-state index contributed by atoms with van der Waals surface area (Å²) in [5, 5.41) is 0.